The van der Waals surface area contributed by atoms with Gasteiger partial charge in [-0.2, -0.15) is 0 Å². The number of benzene rings is 2. The lowest BCUT2D eigenvalue weighted by molar-refractivity contribution is 0.357. The second-order valence-electron chi connectivity index (χ2n) is 4.71. The summed E-state index contributed by atoms with van der Waals surface area (Å²) in [7, 11) is 1.58. The van der Waals surface area contributed by atoms with Gasteiger partial charge in [-0.25, -0.2) is 9.37 Å². The molecule has 3 rings (SSSR count). The monoisotopic (exact) mass is 298 g/mol. The van der Waals surface area contributed by atoms with Crippen molar-refractivity contribution < 1.29 is 13.9 Å². The lowest BCUT2D eigenvalue weighted by atomic mass is 10.2. The smallest absolute Gasteiger partial charge is 0.142 e. The number of aromatic amines is 1. The summed E-state index contributed by atoms with van der Waals surface area (Å²) in [6, 6.07) is 9.90. The number of nitrogens with one attached hydrogen (secondary N) is 1. The summed E-state index contributed by atoms with van der Waals surface area (Å²) in [6.45, 7) is 4.04. The van der Waals surface area contributed by atoms with Crippen LogP contribution in [0.3, 0.4) is 0 Å². The minimum atomic E-state index is -0.303. The van der Waals surface area contributed by atoms with E-state index in [1.54, 1.807) is 25.3 Å². The number of rotatable bonds is 5. The van der Waals surface area contributed by atoms with Crippen LogP contribution in [0.25, 0.3) is 22.4 Å². The maximum absolute atomic E-state index is 13.3. The Bertz CT molecular complexity index is 827. The maximum atomic E-state index is 13.3. The third-order valence-corrected chi connectivity index (χ3v) is 3.24. The summed E-state index contributed by atoms with van der Waals surface area (Å²) in [6.07, 6.45) is 1.67. The normalized spacial score (nSPS) is 10.6. The molecule has 5 heteroatoms. The average Bonchev–Trinajstić information content (AvgIpc) is 2.95. The molecule has 0 saturated heterocycles. The van der Waals surface area contributed by atoms with E-state index in [1.165, 1.54) is 12.1 Å². The van der Waals surface area contributed by atoms with Gasteiger partial charge in [-0.05, 0) is 30.3 Å². The molecule has 0 radical (unpaired) electrons. The summed E-state index contributed by atoms with van der Waals surface area (Å²) < 4.78 is 24.2. The quantitative estimate of drug-likeness (QED) is 0.726. The van der Waals surface area contributed by atoms with Gasteiger partial charge in [0, 0.05) is 6.07 Å². The number of imidazole rings is 1. The van der Waals surface area contributed by atoms with Gasteiger partial charge in [-0.1, -0.05) is 12.7 Å². The molecule has 2 aromatic carbocycles. The zero-order chi connectivity index (χ0) is 15.5. The molecule has 1 N–H and O–H groups in total. The third-order valence-electron chi connectivity index (χ3n) is 3.24. The van der Waals surface area contributed by atoms with Gasteiger partial charge in [-0.3, -0.25) is 0 Å². The molecule has 0 aliphatic rings. The van der Waals surface area contributed by atoms with Crippen LogP contribution in [-0.2, 0) is 0 Å². The Hall–Kier alpha value is -2.82. The van der Waals surface area contributed by atoms with Gasteiger partial charge in [-0.15, -0.1) is 0 Å². The van der Waals surface area contributed by atoms with Crippen molar-refractivity contribution in [3.63, 3.8) is 0 Å². The largest absolute Gasteiger partial charge is 0.496 e. The molecule has 0 amide bonds. The summed E-state index contributed by atoms with van der Waals surface area (Å²) in [5.41, 5.74) is 2.12. The van der Waals surface area contributed by atoms with Gasteiger partial charge >= 0.3 is 0 Å². The second kappa shape index (κ2) is 5.89. The number of aromatic nitrogens is 2. The molecule has 0 atom stereocenters. The molecule has 0 aliphatic carbocycles. The minimum absolute atomic E-state index is 0.303. The van der Waals surface area contributed by atoms with Gasteiger partial charge < -0.3 is 14.5 Å². The van der Waals surface area contributed by atoms with E-state index in [1.807, 2.05) is 12.1 Å². The van der Waals surface area contributed by atoms with Crippen LogP contribution in [0, 0.1) is 5.82 Å². The average molecular weight is 298 g/mol. The molecule has 0 bridgehead atoms. The van der Waals surface area contributed by atoms with Crippen LogP contribution < -0.4 is 9.47 Å². The molecule has 0 unspecified atom stereocenters. The Balaban J connectivity index is 2.03. The van der Waals surface area contributed by atoms with Crippen LogP contribution in [0.2, 0.25) is 0 Å². The topological polar surface area (TPSA) is 47.1 Å². The fourth-order valence-electron chi connectivity index (χ4n) is 2.22. The van der Waals surface area contributed by atoms with Crippen molar-refractivity contribution in [2.24, 2.45) is 0 Å². The highest BCUT2D eigenvalue weighted by molar-refractivity contribution is 5.80. The van der Waals surface area contributed by atoms with Gasteiger partial charge in [0.25, 0.3) is 0 Å². The molecular weight excluding hydrogens is 283 g/mol. The molecule has 0 fully saturated rings. The number of hydrogen-bond donors (Lipinski definition) is 1. The number of H-pyrrole nitrogens is 1. The Kier molecular flexibility index (Phi) is 3.78. The summed E-state index contributed by atoms with van der Waals surface area (Å²) in [5.74, 6) is 1.62. The van der Waals surface area contributed by atoms with Gasteiger partial charge in [0.2, 0.25) is 0 Å². The number of halogens is 1. The first kappa shape index (κ1) is 14.1. The van der Waals surface area contributed by atoms with Crippen LogP contribution in [0.5, 0.6) is 11.5 Å². The molecule has 0 aliphatic heterocycles. The Morgan fingerprint density at radius 1 is 1.27 bits per heavy atom. The Labute approximate surface area is 127 Å². The third kappa shape index (κ3) is 2.65. The van der Waals surface area contributed by atoms with E-state index >= 15 is 0 Å². The van der Waals surface area contributed by atoms with Crippen LogP contribution in [-0.4, -0.2) is 23.7 Å². The van der Waals surface area contributed by atoms with Crippen molar-refractivity contribution in [1.29, 1.82) is 0 Å². The second-order valence-corrected chi connectivity index (χ2v) is 4.71. The first-order valence-corrected chi connectivity index (χ1v) is 6.78. The lowest BCUT2D eigenvalue weighted by Crippen LogP contribution is -1.95. The van der Waals surface area contributed by atoms with E-state index in [4.69, 9.17) is 9.47 Å². The molecule has 1 heterocycles. The van der Waals surface area contributed by atoms with E-state index in [0.29, 0.717) is 35.0 Å². The van der Waals surface area contributed by atoms with E-state index in [2.05, 4.69) is 16.5 Å². The fourth-order valence-corrected chi connectivity index (χ4v) is 2.22. The highest BCUT2D eigenvalue weighted by atomic mass is 19.1. The Morgan fingerprint density at radius 3 is 2.91 bits per heavy atom. The van der Waals surface area contributed by atoms with Crippen LogP contribution in [0.4, 0.5) is 4.39 Å². The van der Waals surface area contributed by atoms with Crippen LogP contribution in [0.1, 0.15) is 0 Å². The van der Waals surface area contributed by atoms with E-state index in [0.717, 1.165) is 5.56 Å². The predicted octanol–water partition coefficient (Wildman–Crippen LogP) is 3.94. The SMILES string of the molecule is C=CCOc1ccc(-c2nc3ccc(F)cc3[nH]2)c(OC)c1. The summed E-state index contributed by atoms with van der Waals surface area (Å²) in [5, 5.41) is 0. The fraction of sp³-hybridized carbons (Fsp3) is 0.118. The highest BCUT2D eigenvalue weighted by Crippen LogP contribution is 2.32. The highest BCUT2D eigenvalue weighted by Gasteiger charge is 2.12. The first-order chi connectivity index (χ1) is 10.7. The lowest BCUT2D eigenvalue weighted by Gasteiger charge is -2.09. The number of nitrogens with zero attached hydrogens (tertiary/aromatic N) is 1. The van der Waals surface area contributed by atoms with E-state index in [9.17, 15) is 4.39 Å². The summed E-state index contributed by atoms with van der Waals surface area (Å²) >= 11 is 0. The van der Waals surface area contributed by atoms with Gasteiger partial charge in [0.05, 0.1) is 23.7 Å². The van der Waals surface area contributed by atoms with Gasteiger partial charge in [0.15, 0.2) is 0 Å². The number of hydrogen-bond acceptors (Lipinski definition) is 3. The van der Waals surface area contributed by atoms with Crippen molar-refractivity contribution in [2.75, 3.05) is 13.7 Å². The van der Waals surface area contributed by atoms with E-state index in [-0.39, 0.29) is 5.82 Å². The first-order valence-electron chi connectivity index (χ1n) is 6.78. The maximum Gasteiger partial charge on any atom is 0.142 e. The van der Waals surface area contributed by atoms with Gasteiger partial charge in [0.1, 0.15) is 29.7 Å². The number of fused-ring (bicyclic) bond motifs is 1. The molecule has 112 valence electrons. The number of methoxy groups -OCH3 is 1. The van der Waals surface area contributed by atoms with Crippen molar-refractivity contribution in [1.82, 2.24) is 9.97 Å². The molecule has 22 heavy (non-hydrogen) atoms. The molecule has 0 spiro atoms. The predicted molar refractivity (Wildman–Crippen MR) is 83.7 cm³/mol. The molecule has 3 aromatic rings. The molecule has 1 aromatic heterocycles. The molecule has 0 saturated carbocycles. The van der Waals surface area contributed by atoms with Crippen molar-refractivity contribution in [3.8, 4) is 22.9 Å². The zero-order valence-electron chi connectivity index (χ0n) is 12.1. The molecular formula is C17H15FN2O2. The standard InChI is InChI=1S/C17H15FN2O2/c1-3-8-22-12-5-6-13(16(10-12)21-2)17-19-14-7-4-11(18)9-15(14)20-17/h3-7,9-10H,1,8H2,2H3,(H,19,20). The molecule has 4 nitrogen and oxygen atoms in total. The minimum Gasteiger partial charge on any atom is -0.496 e. The van der Waals surface area contributed by atoms with Crippen molar-refractivity contribution in [3.05, 3.63) is 54.9 Å². The van der Waals surface area contributed by atoms with Crippen molar-refractivity contribution >= 4 is 11.0 Å². The summed E-state index contributed by atoms with van der Waals surface area (Å²) in [4.78, 5) is 7.57. The Morgan fingerprint density at radius 2 is 2.14 bits per heavy atom. The van der Waals surface area contributed by atoms with E-state index < -0.39 is 0 Å². The van der Waals surface area contributed by atoms with Crippen LogP contribution in [0.15, 0.2) is 49.1 Å². The van der Waals surface area contributed by atoms with Crippen LogP contribution >= 0.6 is 0 Å². The zero-order valence-corrected chi connectivity index (χ0v) is 12.1. The van der Waals surface area contributed by atoms with Crippen molar-refractivity contribution in [2.45, 2.75) is 0 Å². The number of ether oxygens (including phenoxy) is 2.